The SMILES string of the molecule is CN1C=CN(C2(CCCN3CCC(OC(c4ccccc4)c4ccccc4)CC3O)C=CC=N2)C1. The lowest BCUT2D eigenvalue weighted by Gasteiger charge is -2.39. The lowest BCUT2D eigenvalue weighted by atomic mass is 9.99. The Morgan fingerprint density at radius 1 is 1.06 bits per heavy atom. The third-order valence-corrected chi connectivity index (χ3v) is 7.28. The monoisotopic (exact) mass is 472 g/mol. The number of benzene rings is 2. The summed E-state index contributed by atoms with van der Waals surface area (Å²) >= 11 is 0. The van der Waals surface area contributed by atoms with E-state index in [1.165, 1.54) is 0 Å². The van der Waals surface area contributed by atoms with Crippen molar-refractivity contribution in [3.63, 3.8) is 0 Å². The van der Waals surface area contributed by atoms with Crippen LogP contribution in [0.3, 0.4) is 0 Å². The summed E-state index contributed by atoms with van der Waals surface area (Å²) in [6.07, 6.45) is 13.2. The van der Waals surface area contributed by atoms with E-state index in [9.17, 15) is 5.11 Å². The third-order valence-electron chi connectivity index (χ3n) is 7.28. The zero-order chi connectivity index (χ0) is 24.1. The Bertz CT molecular complexity index is 988. The first-order chi connectivity index (χ1) is 17.1. The number of ether oxygens (including phenoxy) is 1. The van der Waals surface area contributed by atoms with Crippen molar-refractivity contribution in [3.05, 3.63) is 96.3 Å². The predicted octanol–water partition coefficient (Wildman–Crippen LogP) is 4.37. The van der Waals surface area contributed by atoms with Gasteiger partial charge in [0.2, 0.25) is 0 Å². The van der Waals surface area contributed by atoms with E-state index in [-0.39, 0.29) is 17.9 Å². The highest BCUT2D eigenvalue weighted by atomic mass is 16.5. The zero-order valence-electron chi connectivity index (χ0n) is 20.5. The first kappa shape index (κ1) is 23.8. The standard InChI is InChI=1S/C29H36N4O2/c1-31-20-21-33(23-31)29(15-8-17-30-29)16-9-18-32-19-14-26(22-27(32)34)35-28(24-10-4-2-5-11-24)25-12-6-3-7-13-25/h2-8,10-13,15,17,20-21,26-28,34H,9,14,16,18-19,22-23H2,1H3. The number of rotatable bonds is 9. The first-order valence-corrected chi connectivity index (χ1v) is 12.7. The van der Waals surface area contributed by atoms with Gasteiger partial charge in [0.05, 0.1) is 12.8 Å². The number of aliphatic imine (C=N–C) groups is 1. The first-order valence-electron chi connectivity index (χ1n) is 12.7. The lowest BCUT2D eigenvalue weighted by molar-refractivity contribution is -0.103. The van der Waals surface area contributed by atoms with Gasteiger partial charge in [0.25, 0.3) is 0 Å². The molecule has 0 aliphatic carbocycles. The molecule has 5 rings (SSSR count). The molecule has 1 N–H and O–H groups in total. The molecular formula is C29H36N4O2. The van der Waals surface area contributed by atoms with E-state index in [0.29, 0.717) is 6.42 Å². The van der Waals surface area contributed by atoms with Gasteiger partial charge >= 0.3 is 0 Å². The Hall–Kier alpha value is -2.93. The van der Waals surface area contributed by atoms with Crippen molar-refractivity contribution < 1.29 is 9.84 Å². The second kappa shape index (κ2) is 10.8. The highest BCUT2D eigenvalue weighted by Crippen LogP contribution is 2.33. The number of aliphatic hydroxyl groups is 1. The van der Waals surface area contributed by atoms with Crippen LogP contribution in [-0.4, -0.2) is 70.8 Å². The van der Waals surface area contributed by atoms with Crippen LogP contribution in [0.15, 0.2) is 90.2 Å². The van der Waals surface area contributed by atoms with Gasteiger partial charge in [0.15, 0.2) is 5.66 Å². The zero-order valence-corrected chi connectivity index (χ0v) is 20.5. The third kappa shape index (κ3) is 5.50. The van der Waals surface area contributed by atoms with Gasteiger partial charge in [-0.05, 0) is 42.5 Å². The molecular weight excluding hydrogens is 436 g/mol. The second-order valence-electron chi connectivity index (χ2n) is 9.79. The van der Waals surface area contributed by atoms with Crippen LogP contribution in [0.5, 0.6) is 0 Å². The van der Waals surface area contributed by atoms with Crippen LogP contribution >= 0.6 is 0 Å². The highest BCUT2D eigenvalue weighted by Gasteiger charge is 2.36. The maximum absolute atomic E-state index is 11.0. The predicted molar refractivity (Wildman–Crippen MR) is 140 cm³/mol. The number of likely N-dealkylation sites (tertiary alicyclic amines) is 1. The lowest BCUT2D eigenvalue weighted by Crippen LogP contribution is -2.47. The van der Waals surface area contributed by atoms with E-state index in [0.717, 1.165) is 50.1 Å². The summed E-state index contributed by atoms with van der Waals surface area (Å²) in [5.74, 6) is 0. The van der Waals surface area contributed by atoms with Crippen molar-refractivity contribution in [2.45, 2.75) is 49.8 Å². The molecule has 1 saturated heterocycles. The number of allylic oxidation sites excluding steroid dienone is 1. The van der Waals surface area contributed by atoms with E-state index in [4.69, 9.17) is 9.73 Å². The Morgan fingerprint density at radius 2 is 1.77 bits per heavy atom. The molecule has 0 aromatic heterocycles. The van der Waals surface area contributed by atoms with Crippen LogP contribution in [0.1, 0.15) is 42.9 Å². The van der Waals surface area contributed by atoms with Gasteiger partial charge in [-0.15, -0.1) is 0 Å². The van der Waals surface area contributed by atoms with Crippen molar-refractivity contribution in [2.24, 2.45) is 4.99 Å². The molecule has 3 unspecified atom stereocenters. The Labute approximate surface area is 208 Å². The molecule has 3 heterocycles. The molecule has 35 heavy (non-hydrogen) atoms. The molecule has 1 fully saturated rings. The van der Waals surface area contributed by atoms with Crippen LogP contribution in [0.4, 0.5) is 0 Å². The average molecular weight is 473 g/mol. The van der Waals surface area contributed by atoms with Crippen molar-refractivity contribution in [1.29, 1.82) is 0 Å². The van der Waals surface area contributed by atoms with Gasteiger partial charge in [-0.1, -0.05) is 60.7 Å². The molecule has 2 aromatic rings. The van der Waals surface area contributed by atoms with Crippen molar-refractivity contribution in [1.82, 2.24) is 14.7 Å². The molecule has 0 spiro atoms. The van der Waals surface area contributed by atoms with Crippen molar-refractivity contribution in [2.75, 3.05) is 26.8 Å². The summed E-state index contributed by atoms with van der Waals surface area (Å²) in [5, 5.41) is 11.0. The molecule has 3 aliphatic heterocycles. The summed E-state index contributed by atoms with van der Waals surface area (Å²) in [6, 6.07) is 20.7. The van der Waals surface area contributed by atoms with Gasteiger partial charge in [0.1, 0.15) is 12.3 Å². The average Bonchev–Trinajstić information content (AvgIpc) is 3.55. The molecule has 0 radical (unpaired) electrons. The van der Waals surface area contributed by atoms with Crippen LogP contribution in [0.25, 0.3) is 0 Å². The maximum Gasteiger partial charge on any atom is 0.152 e. The summed E-state index contributed by atoms with van der Waals surface area (Å²) in [5.41, 5.74) is 1.99. The highest BCUT2D eigenvalue weighted by molar-refractivity contribution is 5.75. The van der Waals surface area contributed by atoms with Crippen molar-refractivity contribution >= 4 is 6.21 Å². The fourth-order valence-electron chi connectivity index (χ4n) is 5.34. The van der Waals surface area contributed by atoms with Crippen LogP contribution < -0.4 is 0 Å². The second-order valence-corrected chi connectivity index (χ2v) is 9.79. The fourth-order valence-corrected chi connectivity index (χ4v) is 5.34. The molecule has 6 heteroatoms. The number of hydrogen-bond acceptors (Lipinski definition) is 6. The Kier molecular flexibility index (Phi) is 7.32. The summed E-state index contributed by atoms with van der Waals surface area (Å²) in [7, 11) is 2.08. The summed E-state index contributed by atoms with van der Waals surface area (Å²) < 4.78 is 6.63. The molecule has 6 nitrogen and oxygen atoms in total. The minimum Gasteiger partial charge on any atom is -0.378 e. The van der Waals surface area contributed by atoms with Crippen molar-refractivity contribution in [3.8, 4) is 0 Å². The van der Waals surface area contributed by atoms with Crippen LogP contribution in [0.2, 0.25) is 0 Å². The topological polar surface area (TPSA) is 51.5 Å². The molecule has 0 bridgehead atoms. The van der Waals surface area contributed by atoms with Gasteiger partial charge < -0.3 is 19.6 Å². The van der Waals surface area contributed by atoms with E-state index in [2.05, 4.69) is 88.8 Å². The number of hydrogen-bond donors (Lipinski definition) is 1. The van der Waals surface area contributed by atoms with E-state index in [1.54, 1.807) is 0 Å². The van der Waals surface area contributed by atoms with Gasteiger partial charge in [-0.25, -0.2) is 0 Å². The normalized spacial score (nSPS) is 26.4. The minimum atomic E-state index is -0.489. The number of piperidine rings is 1. The quantitative estimate of drug-likeness (QED) is 0.587. The molecule has 0 amide bonds. The Morgan fingerprint density at radius 3 is 2.34 bits per heavy atom. The van der Waals surface area contributed by atoms with Gasteiger partial charge in [-0.2, -0.15) is 0 Å². The molecule has 2 aromatic carbocycles. The Balaban J connectivity index is 1.16. The van der Waals surface area contributed by atoms with Crippen LogP contribution in [0, 0.1) is 0 Å². The molecule has 184 valence electrons. The molecule has 3 aliphatic rings. The summed E-state index contributed by atoms with van der Waals surface area (Å²) in [4.78, 5) is 11.4. The van der Waals surface area contributed by atoms with E-state index < -0.39 is 6.23 Å². The smallest absolute Gasteiger partial charge is 0.152 e. The fraction of sp³-hybridized carbons (Fsp3) is 0.414. The summed E-state index contributed by atoms with van der Waals surface area (Å²) in [6.45, 7) is 2.53. The van der Waals surface area contributed by atoms with Gasteiger partial charge in [-0.3, -0.25) is 9.89 Å². The van der Waals surface area contributed by atoms with Crippen LogP contribution in [-0.2, 0) is 4.74 Å². The number of nitrogens with zero attached hydrogens (tertiary/aromatic N) is 4. The molecule has 3 atom stereocenters. The van der Waals surface area contributed by atoms with E-state index >= 15 is 0 Å². The molecule has 0 saturated carbocycles. The number of aliphatic hydroxyl groups excluding tert-OH is 1. The minimum absolute atomic E-state index is 0.0191. The van der Waals surface area contributed by atoms with E-state index in [1.807, 2.05) is 24.4 Å². The van der Waals surface area contributed by atoms with Gasteiger partial charge in [0, 0.05) is 45.2 Å². The largest absolute Gasteiger partial charge is 0.378 e. The maximum atomic E-state index is 11.0.